The number of benzene rings is 2. The van der Waals surface area contributed by atoms with Gasteiger partial charge in [0.05, 0.1) is 22.2 Å². The van der Waals surface area contributed by atoms with Gasteiger partial charge in [-0.2, -0.15) is 5.10 Å². The zero-order valence-electron chi connectivity index (χ0n) is 12.8. The molecule has 2 aromatic rings. The molecule has 0 unspecified atom stereocenters. The number of nitrogens with one attached hydrogen (secondary N) is 2. The minimum atomic E-state index is -0.494. The maximum Gasteiger partial charge on any atom is 0.284 e. The van der Waals surface area contributed by atoms with Crippen LogP contribution in [0.2, 0.25) is 0 Å². The molecule has 124 valence electrons. The first-order chi connectivity index (χ1) is 11.5. The Morgan fingerprint density at radius 1 is 1.33 bits per heavy atom. The van der Waals surface area contributed by atoms with Crippen molar-refractivity contribution in [3.63, 3.8) is 0 Å². The average Bonchev–Trinajstić information content (AvgIpc) is 2.55. The Bertz CT molecular complexity index is 793. The summed E-state index contributed by atoms with van der Waals surface area (Å²) in [4.78, 5) is 22.1. The van der Waals surface area contributed by atoms with Crippen molar-refractivity contribution < 1.29 is 9.72 Å². The topological polar surface area (TPSA) is 96.6 Å². The lowest BCUT2D eigenvalue weighted by Gasteiger charge is -2.07. The molecule has 0 aliphatic rings. The van der Waals surface area contributed by atoms with E-state index in [0.717, 1.165) is 11.3 Å². The highest BCUT2D eigenvalue weighted by atomic mass is 79.9. The van der Waals surface area contributed by atoms with Gasteiger partial charge < -0.3 is 5.32 Å². The van der Waals surface area contributed by atoms with E-state index >= 15 is 0 Å². The van der Waals surface area contributed by atoms with E-state index in [1.807, 2.05) is 31.2 Å². The molecule has 0 spiro atoms. The first kappa shape index (κ1) is 17.6. The first-order valence-corrected chi connectivity index (χ1v) is 7.82. The van der Waals surface area contributed by atoms with Crippen LogP contribution in [0, 0.1) is 17.0 Å². The van der Waals surface area contributed by atoms with E-state index in [-0.39, 0.29) is 18.1 Å². The van der Waals surface area contributed by atoms with Gasteiger partial charge in [-0.05, 0) is 40.5 Å². The maximum absolute atomic E-state index is 11.7. The number of nitro benzene ring substituents is 1. The lowest BCUT2D eigenvalue weighted by atomic mass is 10.2. The fraction of sp³-hybridized carbons (Fsp3) is 0.125. The number of carbonyl (C=O) groups is 1. The SMILES string of the molecule is Cc1ccccc1NCC(=O)N/N=C/c1ccc(Br)c([N+](=O)[O-])c1. The summed E-state index contributed by atoms with van der Waals surface area (Å²) in [7, 11) is 0. The molecule has 2 N–H and O–H groups in total. The Morgan fingerprint density at radius 2 is 2.08 bits per heavy atom. The molecule has 24 heavy (non-hydrogen) atoms. The van der Waals surface area contributed by atoms with Gasteiger partial charge in [0.2, 0.25) is 0 Å². The van der Waals surface area contributed by atoms with Crippen molar-refractivity contribution in [1.82, 2.24) is 5.43 Å². The third kappa shape index (κ3) is 4.88. The number of rotatable bonds is 6. The van der Waals surface area contributed by atoms with Gasteiger partial charge in [0.1, 0.15) is 0 Å². The van der Waals surface area contributed by atoms with Crippen LogP contribution in [-0.4, -0.2) is 23.6 Å². The Labute approximate surface area is 147 Å². The number of hydrazone groups is 1. The van der Waals surface area contributed by atoms with E-state index in [1.54, 1.807) is 12.1 Å². The molecule has 0 saturated carbocycles. The lowest BCUT2D eigenvalue weighted by molar-refractivity contribution is -0.385. The predicted molar refractivity (Wildman–Crippen MR) is 96.2 cm³/mol. The van der Waals surface area contributed by atoms with Gasteiger partial charge in [-0.15, -0.1) is 0 Å². The number of halogens is 1. The number of para-hydroxylation sites is 1. The van der Waals surface area contributed by atoms with Crippen molar-refractivity contribution in [1.29, 1.82) is 0 Å². The van der Waals surface area contributed by atoms with Crippen LogP contribution in [0.25, 0.3) is 0 Å². The highest BCUT2D eigenvalue weighted by Gasteiger charge is 2.11. The summed E-state index contributed by atoms with van der Waals surface area (Å²) >= 11 is 3.11. The molecular weight excluding hydrogens is 376 g/mol. The van der Waals surface area contributed by atoms with E-state index in [1.165, 1.54) is 12.3 Å². The summed E-state index contributed by atoms with van der Waals surface area (Å²) < 4.78 is 0.385. The normalized spacial score (nSPS) is 10.6. The van der Waals surface area contributed by atoms with Crippen LogP contribution in [0.4, 0.5) is 11.4 Å². The van der Waals surface area contributed by atoms with Gasteiger partial charge in [0.15, 0.2) is 0 Å². The molecule has 0 fully saturated rings. The van der Waals surface area contributed by atoms with Gasteiger partial charge in [-0.25, -0.2) is 5.43 Å². The Morgan fingerprint density at radius 3 is 2.79 bits per heavy atom. The quantitative estimate of drug-likeness (QED) is 0.449. The maximum atomic E-state index is 11.7. The second kappa shape index (κ2) is 8.21. The van der Waals surface area contributed by atoms with Crippen molar-refractivity contribution >= 4 is 39.4 Å². The Balaban J connectivity index is 1.90. The molecule has 0 heterocycles. The van der Waals surface area contributed by atoms with Crippen molar-refractivity contribution in [2.75, 3.05) is 11.9 Å². The van der Waals surface area contributed by atoms with Crippen LogP contribution >= 0.6 is 15.9 Å². The largest absolute Gasteiger partial charge is 0.376 e. The van der Waals surface area contributed by atoms with Crippen molar-refractivity contribution in [2.24, 2.45) is 5.10 Å². The standard InChI is InChI=1S/C16H15BrN4O3/c1-11-4-2-3-5-14(11)18-10-16(22)20-19-9-12-6-7-13(17)15(8-12)21(23)24/h2-9,18H,10H2,1H3,(H,20,22)/b19-9+. The average molecular weight is 391 g/mol. The monoisotopic (exact) mass is 390 g/mol. The number of anilines is 1. The predicted octanol–water partition coefficient (Wildman–Crippen LogP) is 3.23. The first-order valence-electron chi connectivity index (χ1n) is 7.02. The van der Waals surface area contributed by atoms with Crippen LogP contribution < -0.4 is 10.7 Å². The third-order valence-electron chi connectivity index (χ3n) is 3.15. The number of nitro groups is 1. The molecule has 1 amide bonds. The third-order valence-corrected chi connectivity index (χ3v) is 3.82. The lowest BCUT2D eigenvalue weighted by Crippen LogP contribution is -2.26. The Hall–Kier alpha value is -2.74. The molecular formula is C16H15BrN4O3. The van der Waals surface area contributed by atoms with Crippen LogP contribution in [0.3, 0.4) is 0 Å². The molecule has 0 bridgehead atoms. The number of hydrogen-bond donors (Lipinski definition) is 2. The van der Waals surface area contributed by atoms with Crippen LogP contribution in [0.15, 0.2) is 52.0 Å². The highest BCUT2D eigenvalue weighted by Crippen LogP contribution is 2.24. The number of hydrogen-bond acceptors (Lipinski definition) is 5. The van der Waals surface area contributed by atoms with Crippen molar-refractivity contribution in [2.45, 2.75) is 6.92 Å². The van der Waals surface area contributed by atoms with E-state index in [4.69, 9.17) is 0 Å². The highest BCUT2D eigenvalue weighted by molar-refractivity contribution is 9.10. The molecule has 2 rings (SSSR count). The Kier molecular flexibility index (Phi) is 6.02. The van der Waals surface area contributed by atoms with Gasteiger partial charge in [0, 0.05) is 17.3 Å². The summed E-state index contributed by atoms with van der Waals surface area (Å²) in [5.41, 5.74) is 4.73. The van der Waals surface area contributed by atoms with Gasteiger partial charge in [0.25, 0.3) is 11.6 Å². The number of aryl methyl sites for hydroxylation is 1. The molecule has 8 heteroatoms. The van der Waals surface area contributed by atoms with E-state index in [2.05, 4.69) is 31.8 Å². The summed E-state index contributed by atoms with van der Waals surface area (Å²) in [5.74, 6) is -0.318. The van der Waals surface area contributed by atoms with Crippen molar-refractivity contribution in [3.8, 4) is 0 Å². The zero-order chi connectivity index (χ0) is 17.5. The smallest absolute Gasteiger partial charge is 0.284 e. The fourth-order valence-electron chi connectivity index (χ4n) is 1.91. The van der Waals surface area contributed by atoms with Crippen LogP contribution in [0.1, 0.15) is 11.1 Å². The van der Waals surface area contributed by atoms with E-state index in [0.29, 0.717) is 10.0 Å². The molecule has 0 saturated heterocycles. The summed E-state index contributed by atoms with van der Waals surface area (Å²) in [6, 6.07) is 12.2. The molecule has 0 radical (unpaired) electrons. The zero-order valence-corrected chi connectivity index (χ0v) is 14.4. The molecule has 7 nitrogen and oxygen atoms in total. The molecule has 0 atom stereocenters. The molecule has 0 aliphatic heterocycles. The number of carbonyl (C=O) groups excluding carboxylic acids is 1. The summed E-state index contributed by atoms with van der Waals surface area (Å²) in [5, 5.41) is 17.7. The van der Waals surface area contributed by atoms with Gasteiger partial charge in [-0.1, -0.05) is 24.3 Å². The van der Waals surface area contributed by atoms with E-state index in [9.17, 15) is 14.9 Å². The molecule has 0 aliphatic carbocycles. The summed E-state index contributed by atoms with van der Waals surface area (Å²) in [6.45, 7) is 2.02. The van der Waals surface area contributed by atoms with Crippen molar-refractivity contribution in [3.05, 3.63) is 68.2 Å². The second-order valence-electron chi connectivity index (χ2n) is 4.93. The number of nitrogens with zero attached hydrogens (tertiary/aromatic N) is 2. The minimum absolute atomic E-state index is 0.0634. The minimum Gasteiger partial charge on any atom is -0.376 e. The second-order valence-corrected chi connectivity index (χ2v) is 5.78. The number of amides is 1. The fourth-order valence-corrected chi connectivity index (χ4v) is 2.31. The van der Waals surface area contributed by atoms with Crippen LogP contribution in [-0.2, 0) is 4.79 Å². The van der Waals surface area contributed by atoms with Gasteiger partial charge >= 0.3 is 0 Å². The molecule has 0 aromatic heterocycles. The van der Waals surface area contributed by atoms with E-state index < -0.39 is 4.92 Å². The molecule has 2 aromatic carbocycles. The van der Waals surface area contributed by atoms with Gasteiger partial charge in [-0.3, -0.25) is 14.9 Å². The van der Waals surface area contributed by atoms with Crippen LogP contribution in [0.5, 0.6) is 0 Å². The summed E-state index contributed by atoms with van der Waals surface area (Å²) in [6.07, 6.45) is 1.35.